The number of hydrogen-bond acceptors (Lipinski definition) is 2. The zero-order valence-electron chi connectivity index (χ0n) is 34.9. The number of rotatable bonds is 6. The maximum absolute atomic E-state index is 6.61. The monoisotopic (exact) mass is 983 g/mol. The number of nitrogens with zero attached hydrogens (tertiary/aromatic N) is 4. The number of aromatic nitrogens is 4. The number of fused-ring (bicyclic) bond motifs is 4. The molecule has 0 saturated carbocycles. The largest absolute Gasteiger partial charge is 0.510 e. The first-order chi connectivity index (χ1) is 29.8. The Labute approximate surface area is 377 Å². The van der Waals surface area contributed by atoms with E-state index in [-0.39, 0.29) is 26.5 Å². The van der Waals surface area contributed by atoms with E-state index in [2.05, 4.69) is 192 Å². The molecule has 5 nitrogen and oxygen atoms in total. The quantitative estimate of drug-likeness (QED) is 0.123. The maximum Gasteiger partial charge on any atom is 0.268 e. The molecule has 0 radical (unpaired) electrons. The third-order valence-corrected chi connectivity index (χ3v) is 12.2. The Balaban J connectivity index is 0.00000458. The molecule has 306 valence electrons. The van der Waals surface area contributed by atoms with Crippen molar-refractivity contribution in [2.45, 2.75) is 51.9 Å². The number of pyridine rings is 1. The normalized spacial score (nSPS) is 12.7. The number of aryl methyl sites for hydroxylation is 4. The van der Waals surface area contributed by atoms with E-state index < -0.39 is 0 Å². The van der Waals surface area contributed by atoms with Crippen LogP contribution in [0.25, 0.3) is 61.2 Å². The minimum absolute atomic E-state index is 0. The molecule has 4 bridgehead atoms. The van der Waals surface area contributed by atoms with Crippen molar-refractivity contribution in [3.63, 3.8) is 0 Å². The van der Waals surface area contributed by atoms with Crippen LogP contribution in [0, 0.1) is 18.5 Å². The van der Waals surface area contributed by atoms with Crippen molar-refractivity contribution in [1.29, 1.82) is 0 Å². The van der Waals surface area contributed by atoms with Crippen LogP contribution in [0.1, 0.15) is 48.6 Å². The van der Waals surface area contributed by atoms with Gasteiger partial charge in [-0.3, -0.25) is 4.57 Å². The first kappa shape index (κ1) is 39.6. The molecule has 10 aromatic rings. The van der Waals surface area contributed by atoms with Crippen LogP contribution in [0.15, 0.2) is 164 Å². The predicted octanol–water partition coefficient (Wildman–Crippen LogP) is 12.4. The van der Waals surface area contributed by atoms with Crippen LogP contribution in [0.2, 0.25) is 0 Å². The first-order valence-electron chi connectivity index (χ1n) is 21.2. The molecule has 0 atom stereocenters. The Hall–Kier alpha value is -6.55. The summed E-state index contributed by atoms with van der Waals surface area (Å²) < 4.78 is 13.1. The van der Waals surface area contributed by atoms with Crippen LogP contribution in [-0.4, -0.2) is 14.1 Å². The van der Waals surface area contributed by atoms with Crippen molar-refractivity contribution < 1.29 is 30.4 Å². The molecule has 14 rings (SSSR count). The minimum Gasteiger partial charge on any atom is -0.510 e. The average Bonchev–Trinajstić information content (AvgIpc) is 3.83. The molecule has 62 heavy (non-hydrogen) atoms. The van der Waals surface area contributed by atoms with Crippen LogP contribution in [0.3, 0.4) is 0 Å². The van der Waals surface area contributed by atoms with Gasteiger partial charge in [0.1, 0.15) is 5.82 Å². The summed E-state index contributed by atoms with van der Waals surface area (Å²) in [5, 5.41) is 2.24. The van der Waals surface area contributed by atoms with Gasteiger partial charge < -0.3 is 13.9 Å². The number of benzene rings is 7. The van der Waals surface area contributed by atoms with E-state index in [1.165, 1.54) is 38.9 Å². The number of imidazole rings is 1. The van der Waals surface area contributed by atoms with Crippen LogP contribution < -0.4 is 9.30 Å². The molecule has 0 unspecified atom stereocenters. The van der Waals surface area contributed by atoms with Gasteiger partial charge in [-0.05, 0) is 99.8 Å². The first-order valence-corrected chi connectivity index (χ1v) is 21.2. The zero-order chi connectivity index (χ0) is 41.1. The van der Waals surface area contributed by atoms with Gasteiger partial charge in [-0.25, -0.2) is 4.98 Å². The third kappa shape index (κ3) is 7.25. The average molecular weight is 984 g/mol. The van der Waals surface area contributed by atoms with Gasteiger partial charge in [-0.15, -0.1) is 29.7 Å². The summed E-state index contributed by atoms with van der Waals surface area (Å²) in [5.74, 6) is 2.06. The number of hydrogen-bond donors (Lipinski definition) is 0. The molecule has 0 saturated heterocycles. The van der Waals surface area contributed by atoms with Crippen molar-refractivity contribution in [1.82, 2.24) is 14.1 Å². The summed E-state index contributed by atoms with van der Waals surface area (Å²) in [5.41, 5.74) is 15.3. The second-order valence-electron chi connectivity index (χ2n) is 17.2. The van der Waals surface area contributed by atoms with E-state index in [0.29, 0.717) is 11.5 Å². The summed E-state index contributed by atoms with van der Waals surface area (Å²) >= 11 is 0. The molecular weight excluding hydrogens is 940 g/mol. The van der Waals surface area contributed by atoms with Gasteiger partial charge in [0.15, 0.2) is 0 Å². The van der Waals surface area contributed by atoms with Gasteiger partial charge in [0.25, 0.3) is 6.33 Å². The fraction of sp³-hybridized carbons (Fsp3) is 0.143. The Kier molecular flexibility index (Phi) is 10.2. The van der Waals surface area contributed by atoms with E-state index in [9.17, 15) is 0 Å². The van der Waals surface area contributed by atoms with Gasteiger partial charge in [-0.2, -0.15) is 18.2 Å². The van der Waals surface area contributed by atoms with Gasteiger partial charge in [0, 0.05) is 44.3 Å². The molecule has 4 aliphatic rings. The Bertz CT molecular complexity index is 3280. The minimum atomic E-state index is -0.0177. The van der Waals surface area contributed by atoms with Crippen LogP contribution >= 0.6 is 0 Å². The fourth-order valence-corrected chi connectivity index (χ4v) is 8.97. The van der Waals surface area contributed by atoms with Crippen molar-refractivity contribution in [3.05, 3.63) is 210 Å². The van der Waals surface area contributed by atoms with Crippen molar-refractivity contribution in [3.8, 4) is 39.8 Å². The Morgan fingerprint density at radius 1 is 0.613 bits per heavy atom. The number of ether oxygens (including phenoxy) is 1. The van der Waals surface area contributed by atoms with Crippen LogP contribution in [-0.2, 0) is 52.2 Å². The molecule has 4 aliphatic carbocycles. The molecule has 0 N–H and O–H groups in total. The molecule has 3 aromatic heterocycles. The number of para-hydroxylation sites is 3. The molecule has 0 fully saturated rings. The van der Waals surface area contributed by atoms with E-state index in [1.807, 2.05) is 24.4 Å². The molecule has 7 aromatic carbocycles. The van der Waals surface area contributed by atoms with Crippen molar-refractivity contribution >= 4 is 32.8 Å². The molecule has 0 spiro atoms. The van der Waals surface area contributed by atoms with Gasteiger partial charge in [-0.1, -0.05) is 135 Å². The standard InChI is InChI=1S/C56H44N4O.Pt/c1-56(2,3)43-30-31-57-55(34-43)60-50-17-8-7-16-47(50)48-29-28-46(36-54(48)60)61-45-15-11-14-44(35-45)58-37-59(52-19-10-9-18-51(52)58)53-33-39-21-20-38-22-24-41(26-27-42(53)25-23-39)49(32-38)40-12-5-4-6-13-40;/h4-19,22-25,28-34H,20-21,26-27H2,1-3H3;/q-2;. The van der Waals surface area contributed by atoms with Gasteiger partial charge in [0.2, 0.25) is 0 Å². The molecule has 0 aliphatic heterocycles. The summed E-state index contributed by atoms with van der Waals surface area (Å²) in [6, 6.07) is 63.6. The third-order valence-electron chi connectivity index (χ3n) is 12.2. The molecule has 0 amide bonds. The maximum atomic E-state index is 6.61. The molecule has 3 heterocycles. The van der Waals surface area contributed by atoms with E-state index in [1.54, 1.807) is 0 Å². The second kappa shape index (κ2) is 16.0. The molecular formula is C56H44N4OPt-2. The van der Waals surface area contributed by atoms with E-state index >= 15 is 0 Å². The smallest absolute Gasteiger partial charge is 0.268 e. The van der Waals surface area contributed by atoms with Crippen molar-refractivity contribution in [2.24, 2.45) is 0 Å². The summed E-state index contributed by atoms with van der Waals surface area (Å²) in [6.45, 7) is 6.68. The Morgan fingerprint density at radius 3 is 2.18 bits per heavy atom. The van der Waals surface area contributed by atoms with Gasteiger partial charge >= 0.3 is 0 Å². The Morgan fingerprint density at radius 2 is 1.34 bits per heavy atom. The molecule has 6 heteroatoms. The summed E-state index contributed by atoms with van der Waals surface area (Å²) in [6.07, 6.45) is 9.44. The van der Waals surface area contributed by atoms with Crippen LogP contribution in [0.5, 0.6) is 11.5 Å². The second-order valence-corrected chi connectivity index (χ2v) is 17.2. The van der Waals surface area contributed by atoms with E-state index in [0.717, 1.165) is 75.7 Å². The van der Waals surface area contributed by atoms with E-state index in [4.69, 9.17) is 9.72 Å². The summed E-state index contributed by atoms with van der Waals surface area (Å²) in [4.78, 5) is 4.85. The van der Waals surface area contributed by atoms with Crippen molar-refractivity contribution in [2.75, 3.05) is 0 Å². The SMILES string of the molecule is CC(C)(C)c1ccnc(-n2c3[c-]c(Oc4[c-]c(-n5[c-][n+](-c6cc7ccc6CCc6ccc(cc6-c6ccccc6)CC7)c6ccccc65)ccc4)ccc3c3ccccc32)c1.[Pt]. The van der Waals surface area contributed by atoms with Gasteiger partial charge in [0.05, 0.1) is 16.7 Å². The summed E-state index contributed by atoms with van der Waals surface area (Å²) in [7, 11) is 0. The fourth-order valence-electron chi connectivity index (χ4n) is 8.97. The zero-order valence-corrected chi connectivity index (χ0v) is 37.2. The topological polar surface area (TPSA) is 35.9 Å². The van der Waals surface area contributed by atoms with Crippen LogP contribution in [0.4, 0.5) is 0 Å². The predicted molar refractivity (Wildman–Crippen MR) is 245 cm³/mol.